The van der Waals surface area contributed by atoms with E-state index in [4.69, 9.17) is 0 Å². The highest BCUT2D eigenvalue weighted by atomic mass is 16.2. The average Bonchev–Trinajstić information content (AvgIpc) is 4.07. The fourth-order valence-corrected chi connectivity index (χ4v) is 11.2. The first-order chi connectivity index (χ1) is 34.6. The molecule has 2 saturated heterocycles. The molecule has 0 aliphatic carbocycles. The van der Waals surface area contributed by atoms with Crippen molar-refractivity contribution in [2.75, 3.05) is 53.4 Å². The Morgan fingerprint density at radius 2 is 1.39 bits per heavy atom. The van der Waals surface area contributed by atoms with Gasteiger partial charge >= 0.3 is 0 Å². The van der Waals surface area contributed by atoms with Crippen LogP contribution >= 0.6 is 0 Å². The standard InChI is InChI=1S/C59H66N8O4/c1-41-32-45(34-46(33-41)40-67-54-37-48(56(68)62(3)31-26-60-2)16-18-50(54)64-27-9-15-52(64)58(67)70)35-47-36-55-59(71)65(28-8-14-42-10-5-4-6-11-42)53-38-49(17-19-51(53)66(55)39-47)57(69)63-29-22-44(23-30-63)13-7-12-43-20-24-61-25-21-43/h4-6,8-11,14-19,27,32-34,36-39,43-44,60-61H,7,12-13,20-26,28-31,35,40H2,1-3H3/b14-8+. The Morgan fingerprint density at radius 1 is 0.704 bits per heavy atom. The molecule has 10 rings (SSSR count). The lowest BCUT2D eigenvalue weighted by molar-refractivity contribution is 0.0684. The highest BCUT2D eigenvalue weighted by molar-refractivity contribution is 5.98. The molecule has 0 unspecified atom stereocenters. The van der Waals surface area contributed by atoms with E-state index in [9.17, 15) is 19.2 Å². The van der Waals surface area contributed by atoms with E-state index in [0.29, 0.717) is 71.7 Å². The van der Waals surface area contributed by atoms with Crippen LogP contribution in [0.3, 0.4) is 0 Å². The van der Waals surface area contributed by atoms with Crippen molar-refractivity contribution in [3.8, 4) is 0 Å². The number of hydrogen-bond acceptors (Lipinski definition) is 6. The van der Waals surface area contributed by atoms with Gasteiger partial charge in [-0.25, -0.2) is 0 Å². The van der Waals surface area contributed by atoms with Gasteiger partial charge in [-0.2, -0.15) is 0 Å². The number of benzene rings is 4. The summed E-state index contributed by atoms with van der Waals surface area (Å²) in [6.07, 6.45) is 17.0. The predicted octanol–water partition coefficient (Wildman–Crippen LogP) is 8.80. The predicted molar refractivity (Wildman–Crippen MR) is 286 cm³/mol. The Hall–Kier alpha value is -7.02. The summed E-state index contributed by atoms with van der Waals surface area (Å²) in [5.41, 5.74) is 10.1. The highest BCUT2D eigenvalue weighted by Crippen LogP contribution is 2.29. The number of fused-ring (bicyclic) bond motifs is 6. The maximum absolute atomic E-state index is 14.7. The number of amides is 2. The molecule has 4 aromatic carbocycles. The molecule has 2 aliphatic heterocycles. The van der Waals surface area contributed by atoms with E-state index in [2.05, 4.69) is 35.8 Å². The Labute approximate surface area is 415 Å². The lowest BCUT2D eigenvalue weighted by Gasteiger charge is -2.32. The van der Waals surface area contributed by atoms with Gasteiger partial charge < -0.3 is 38.4 Å². The maximum atomic E-state index is 14.7. The molecule has 0 saturated carbocycles. The summed E-state index contributed by atoms with van der Waals surface area (Å²) in [7, 11) is 3.65. The number of likely N-dealkylation sites (tertiary alicyclic amines) is 1. The number of aryl methyl sites for hydroxylation is 1. The molecule has 71 heavy (non-hydrogen) atoms. The van der Waals surface area contributed by atoms with Crippen molar-refractivity contribution in [3.63, 3.8) is 0 Å². The number of piperidine rings is 2. The van der Waals surface area contributed by atoms with Crippen LogP contribution in [0.4, 0.5) is 0 Å². The minimum atomic E-state index is -0.137. The highest BCUT2D eigenvalue weighted by Gasteiger charge is 2.25. The third-order valence-corrected chi connectivity index (χ3v) is 15.1. The number of rotatable bonds is 16. The molecule has 2 amide bonds. The van der Waals surface area contributed by atoms with Gasteiger partial charge in [0.15, 0.2) is 0 Å². The molecule has 2 N–H and O–H groups in total. The van der Waals surface area contributed by atoms with Gasteiger partial charge in [-0.3, -0.25) is 19.2 Å². The zero-order valence-corrected chi connectivity index (χ0v) is 41.4. The molecule has 12 nitrogen and oxygen atoms in total. The lowest BCUT2D eigenvalue weighted by atomic mass is 9.87. The molecule has 0 spiro atoms. The van der Waals surface area contributed by atoms with Gasteiger partial charge in [-0.05, 0) is 148 Å². The van der Waals surface area contributed by atoms with E-state index in [1.807, 2.05) is 130 Å². The van der Waals surface area contributed by atoms with Crippen molar-refractivity contribution in [1.82, 2.24) is 38.4 Å². The van der Waals surface area contributed by atoms with Gasteiger partial charge in [0.05, 0.1) is 28.6 Å². The van der Waals surface area contributed by atoms with Crippen LogP contribution < -0.4 is 21.8 Å². The number of carbonyl (C=O) groups is 2. The molecular formula is C59H66N8O4. The first-order valence-corrected chi connectivity index (χ1v) is 25.6. The lowest BCUT2D eigenvalue weighted by Crippen LogP contribution is -2.38. The van der Waals surface area contributed by atoms with Crippen molar-refractivity contribution in [1.29, 1.82) is 0 Å². The van der Waals surface area contributed by atoms with E-state index in [-0.39, 0.29) is 22.9 Å². The molecule has 366 valence electrons. The minimum absolute atomic E-state index is 0.0211. The van der Waals surface area contributed by atoms with Crippen LogP contribution in [-0.4, -0.2) is 92.9 Å². The molecule has 12 heteroatoms. The van der Waals surface area contributed by atoms with Crippen molar-refractivity contribution in [2.24, 2.45) is 11.8 Å². The normalized spacial score (nSPS) is 15.0. The molecule has 0 atom stereocenters. The maximum Gasteiger partial charge on any atom is 0.275 e. The number of hydrogen-bond donors (Lipinski definition) is 2. The van der Waals surface area contributed by atoms with Gasteiger partial charge in [-0.15, -0.1) is 0 Å². The van der Waals surface area contributed by atoms with Crippen molar-refractivity contribution >= 4 is 51.0 Å². The van der Waals surface area contributed by atoms with Crippen LogP contribution in [0.5, 0.6) is 0 Å². The van der Waals surface area contributed by atoms with Crippen LogP contribution in [-0.2, 0) is 19.5 Å². The van der Waals surface area contributed by atoms with Gasteiger partial charge in [0.2, 0.25) is 0 Å². The Balaban J connectivity index is 0.933. The van der Waals surface area contributed by atoms with Crippen molar-refractivity contribution < 1.29 is 9.59 Å². The van der Waals surface area contributed by atoms with E-state index < -0.39 is 0 Å². The summed E-state index contributed by atoms with van der Waals surface area (Å²) in [5.74, 6) is 1.43. The quantitative estimate of drug-likeness (QED) is 0.100. The zero-order chi connectivity index (χ0) is 49.0. The van der Waals surface area contributed by atoms with Crippen LogP contribution in [0, 0.1) is 18.8 Å². The second-order valence-corrected chi connectivity index (χ2v) is 20.1. The van der Waals surface area contributed by atoms with Crippen molar-refractivity contribution in [3.05, 3.63) is 181 Å². The number of carbonyl (C=O) groups excluding carboxylic acids is 2. The van der Waals surface area contributed by atoms with E-state index >= 15 is 0 Å². The van der Waals surface area contributed by atoms with Crippen LogP contribution in [0.25, 0.3) is 39.2 Å². The first-order valence-electron chi connectivity index (χ1n) is 25.6. The number of likely N-dealkylation sites (N-methyl/N-ethyl adjacent to an activating group) is 2. The molecule has 8 aromatic rings. The second-order valence-electron chi connectivity index (χ2n) is 20.1. The summed E-state index contributed by atoms with van der Waals surface area (Å²) >= 11 is 0. The smallest absolute Gasteiger partial charge is 0.275 e. The third kappa shape index (κ3) is 10.3. The Kier molecular flexibility index (Phi) is 14.2. The SMILES string of the molecule is CNCCN(C)C(=O)c1ccc2c(c1)n(Cc1cc(C)cc(Cc3cc4c(=O)n(C/C=C/c5ccccc5)c5cc(C(=O)N6CCC(CCCC7CCNCC7)CC6)ccc5n4c3)c1)c(=O)c1cccn12. The number of nitrogens with one attached hydrogen (secondary N) is 2. The first kappa shape index (κ1) is 47.6. The van der Waals surface area contributed by atoms with Gasteiger partial charge in [0.25, 0.3) is 22.9 Å². The van der Waals surface area contributed by atoms with Crippen LogP contribution in [0.2, 0.25) is 0 Å². The Bertz CT molecular complexity index is 3380. The average molecular weight is 951 g/mol. The van der Waals surface area contributed by atoms with Gasteiger partial charge in [0.1, 0.15) is 11.0 Å². The van der Waals surface area contributed by atoms with Crippen molar-refractivity contribution in [2.45, 2.75) is 71.4 Å². The topological polar surface area (TPSA) is 118 Å². The minimum Gasteiger partial charge on any atom is -0.340 e. The summed E-state index contributed by atoms with van der Waals surface area (Å²) in [6, 6.07) is 33.6. The van der Waals surface area contributed by atoms with E-state index in [1.165, 1.54) is 32.1 Å². The second kappa shape index (κ2) is 21.1. The van der Waals surface area contributed by atoms with Gasteiger partial charge in [0, 0.05) is 63.3 Å². The van der Waals surface area contributed by atoms with E-state index in [0.717, 1.165) is 83.8 Å². The number of nitrogens with zero attached hydrogens (tertiary/aromatic N) is 6. The van der Waals surface area contributed by atoms with Gasteiger partial charge in [-0.1, -0.05) is 85.5 Å². The number of aromatic nitrogens is 4. The third-order valence-electron chi connectivity index (χ3n) is 15.1. The zero-order valence-electron chi connectivity index (χ0n) is 41.4. The monoisotopic (exact) mass is 951 g/mol. The molecule has 4 aromatic heterocycles. The molecular weight excluding hydrogens is 885 g/mol. The fourth-order valence-electron chi connectivity index (χ4n) is 11.2. The fraction of sp³-hybridized carbons (Fsp3) is 0.356. The number of allylic oxidation sites excluding steroid dienone is 1. The Morgan fingerprint density at radius 3 is 2.17 bits per heavy atom. The van der Waals surface area contributed by atoms with E-state index in [1.54, 1.807) is 21.1 Å². The summed E-state index contributed by atoms with van der Waals surface area (Å²) < 4.78 is 7.45. The summed E-state index contributed by atoms with van der Waals surface area (Å²) in [5, 5.41) is 6.58. The van der Waals surface area contributed by atoms with Crippen LogP contribution in [0.15, 0.2) is 131 Å². The molecule has 6 heterocycles. The molecule has 0 radical (unpaired) electrons. The molecule has 2 fully saturated rings. The molecule has 2 aliphatic rings. The largest absolute Gasteiger partial charge is 0.340 e. The summed E-state index contributed by atoms with van der Waals surface area (Å²) in [6.45, 7) is 7.75. The van der Waals surface area contributed by atoms with Crippen LogP contribution in [0.1, 0.15) is 93.5 Å². The summed E-state index contributed by atoms with van der Waals surface area (Å²) in [4.78, 5) is 60.3. The molecule has 0 bridgehead atoms.